The van der Waals surface area contributed by atoms with E-state index in [4.69, 9.17) is 4.74 Å². The van der Waals surface area contributed by atoms with Crippen LogP contribution in [0.5, 0.6) is 5.75 Å². The van der Waals surface area contributed by atoms with Crippen molar-refractivity contribution in [3.05, 3.63) is 59.2 Å². The maximum Gasteiger partial charge on any atom is 0.265 e. The van der Waals surface area contributed by atoms with Crippen LogP contribution in [-0.4, -0.2) is 13.0 Å². The van der Waals surface area contributed by atoms with E-state index in [1.54, 1.807) is 37.4 Å². The lowest BCUT2D eigenvalue weighted by Gasteiger charge is -2.08. The number of ether oxygens (including phenoxy) is 1. The van der Waals surface area contributed by atoms with Crippen LogP contribution in [0.4, 0.5) is 10.1 Å². The number of rotatable bonds is 3. The molecule has 3 aromatic rings. The summed E-state index contributed by atoms with van der Waals surface area (Å²) in [6.07, 6.45) is 0. The molecule has 0 unspecified atom stereocenters. The van der Waals surface area contributed by atoms with Gasteiger partial charge in [0.2, 0.25) is 0 Å². The summed E-state index contributed by atoms with van der Waals surface area (Å²) in [6, 6.07) is 13.5. The summed E-state index contributed by atoms with van der Waals surface area (Å²) >= 11 is 1.26. The molecule has 1 amide bonds. The molecule has 1 aromatic heterocycles. The minimum Gasteiger partial charge on any atom is -0.495 e. The Morgan fingerprint density at radius 3 is 2.76 bits per heavy atom. The standard InChI is InChI=1S/C16H12FNO2S/c1-20-13-7-3-2-6-12(13)18-16(19)15-9-10-11(17)5-4-8-14(10)21-15/h2-9H,1H3,(H,18,19). The quantitative estimate of drug-likeness (QED) is 0.783. The number of benzene rings is 2. The van der Waals surface area contributed by atoms with Gasteiger partial charge in [-0.3, -0.25) is 4.79 Å². The van der Waals surface area contributed by atoms with Gasteiger partial charge in [-0.15, -0.1) is 11.3 Å². The molecule has 3 nitrogen and oxygen atoms in total. The van der Waals surface area contributed by atoms with Crippen LogP contribution >= 0.6 is 11.3 Å². The highest BCUT2D eigenvalue weighted by molar-refractivity contribution is 7.20. The van der Waals surface area contributed by atoms with Crippen LogP contribution in [0.15, 0.2) is 48.5 Å². The number of hydrogen-bond acceptors (Lipinski definition) is 3. The molecule has 0 saturated carbocycles. The van der Waals surface area contributed by atoms with Crippen molar-refractivity contribution < 1.29 is 13.9 Å². The molecule has 0 saturated heterocycles. The molecule has 0 radical (unpaired) electrons. The number of methoxy groups -OCH3 is 1. The number of anilines is 1. The molecule has 106 valence electrons. The minimum absolute atomic E-state index is 0.278. The van der Waals surface area contributed by atoms with E-state index in [0.717, 1.165) is 4.70 Å². The Hall–Kier alpha value is -2.40. The van der Waals surface area contributed by atoms with Crippen LogP contribution in [-0.2, 0) is 0 Å². The number of nitrogens with one attached hydrogen (secondary N) is 1. The predicted molar refractivity (Wildman–Crippen MR) is 82.7 cm³/mol. The number of thiophene rings is 1. The van der Waals surface area contributed by atoms with Gasteiger partial charge in [0.05, 0.1) is 17.7 Å². The minimum atomic E-state index is -0.319. The molecular formula is C16H12FNO2S. The van der Waals surface area contributed by atoms with E-state index in [-0.39, 0.29) is 11.7 Å². The van der Waals surface area contributed by atoms with Crippen molar-refractivity contribution in [2.45, 2.75) is 0 Å². The number of carbonyl (C=O) groups is 1. The summed E-state index contributed by atoms with van der Waals surface area (Å²) in [7, 11) is 1.54. The van der Waals surface area contributed by atoms with Gasteiger partial charge in [-0.2, -0.15) is 0 Å². The van der Waals surface area contributed by atoms with Crippen LogP contribution in [0.2, 0.25) is 0 Å². The molecule has 1 heterocycles. The van der Waals surface area contributed by atoms with Gasteiger partial charge >= 0.3 is 0 Å². The van der Waals surface area contributed by atoms with Gasteiger partial charge in [0.15, 0.2) is 0 Å². The van der Waals surface area contributed by atoms with Gasteiger partial charge in [-0.05, 0) is 30.3 Å². The van der Waals surface area contributed by atoms with Crippen LogP contribution < -0.4 is 10.1 Å². The summed E-state index contributed by atoms with van der Waals surface area (Å²) in [4.78, 5) is 12.7. The summed E-state index contributed by atoms with van der Waals surface area (Å²) in [6.45, 7) is 0. The van der Waals surface area contributed by atoms with Crippen LogP contribution in [0, 0.1) is 5.82 Å². The first-order valence-electron chi connectivity index (χ1n) is 6.31. The fourth-order valence-corrected chi connectivity index (χ4v) is 3.04. The largest absolute Gasteiger partial charge is 0.495 e. The van der Waals surface area contributed by atoms with Crippen molar-refractivity contribution in [2.24, 2.45) is 0 Å². The van der Waals surface area contributed by atoms with Crippen LogP contribution in [0.1, 0.15) is 9.67 Å². The molecule has 0 aliphatic carbocycles. The molecule has 0 fully saturated rings. The predicted octanol–water partition coefficient (Wildman–Crippen LogP) is 4.30. The molecule has 21 heavy (non-hydrogen) atoms. The highest BCUT2D eigenvalue weighted by Crippen LogP contribution is 2.29. The van der Waals surface area contributed by atoms with Crippen molar-refractivity contribution in [1.82, 2.24) is 0 Å². The van der Waals surface area contributed by atoms with Crippen molar-refractivity contribution in [1.29, 1.82) is 0 Å². The average Bonchev–Trinajstić information content (AvgIpc) is 2.93. The van der Waals surface area contributed by atoms with E-state index in [9.17, 15) is 9.18 Å². The van der Waals surface area contributed by atoms with Crippen molar-refractivity contribution in [3.63, 3.8) is 0 Å². The van der Waals surface area contributed by atoms with Gasteiger partial charge in [0, 0.05) is 10.1 Å². The number of para-hydroxylation sites is 2. The van der Waals surface area contributed by atoms with Crippen molar-refractivity contribution in [3.8, 4) is 5.75 Å². The fourth-order valence-electron chi connectivity index (χ4n) is 2.07. The molecule has 5 heteroatoms. The van der Waals surface area contributed by atoms with Gasteiger partial charge in [0.1, 0.15) is 11.6 Å². The third kappa shape index (κ3) is 2.60. The smallest absolute Gasteiger partial charge is 0.265 e. The molecular weight excluding hydrogens is 289 g/mol. The van der Waals surface area contributed by atoms with Gasteiger partial charge in [-0.1, -0.05) is 18.2 Å². The van der Waals surface area contributed by atoms with Crippen LogP contribution in [0.25, 0.3) is 10.1 Å². The normalized spacial score (nSPS) is 10.6. The Bertz CT molecular complexity index is 813. The second-order valence-electron chi connectivity index (χ2n) is 4.42. The van der Waals surface area contributed by atoms with Crippen LogP contribution in [0.3, 0.4) is 0 Å². The Kier molecular flexibility index (Phi) is 3.58. The van der Waals surface area contributed by atoms with E-state index in [0.29, 0.717) is 21.7 Å². The fraction of sp³-hybridized carbons (Fsp3) is 0.0625. The lowest BCUT2D eigenvalue weighted by Crippen LogP contribution is -2.10. The second-order valence-corrected chi connectivity index (χ2v) is 5.50. The maximum atomic E-state index is 13.7. The average molecular weight is 301 g/mol. The highest BCUT2D eigenvalue weighted by atomic mass is 32.1. The summed E-state index contributed by atoms with van der Waals surface area (Å²) in [5.74, 6) is -0.0154. The first-order valence-corrected chi connectivity index (χ1v) is 7.13. The number of fused-ring (bicyclic) bond motifs is 1. The molecule has 0 aliphatic rings. The Balaban J connectivity index is 1.92. The number of carbonyl (C=O) groups excluding carboxylic acids is 1. The lowest BCUT2D eigenvalue weighted by molar-refractivity contribution is 0.103. The van der Waals surface area contributed by atoms with E-state index in [1.807, 2.05) is 12.1 Å². The second kappa shape index (κ2) is 5.54. The highest BCUT2D eigenvalue weighted by Gasteiger charge is 2.14. The zero-order valence-corrected chi connectivity index (χ0v) is 12.0. The third-order valence-corrected chi connectivity index (χ3v) is 4.19. The maximum absolute atomic E-state index is 13.7. The van der Waals surface area contributed by atoms with E-state index < -0.39 is 0 Å². The van der Waals surface area contributed by atoms with E-state index in [2.05, 4.69) is 5.32 Å². The zero-order chi connectivity index (χ0) is 14.8. The summed E-state index contributed by atoms with van der Waals surface area (Å²) < 4.78 is 19.6. The lowest BCUT2D eigenvalue weighted by atomic mass is 10.2. The molecule has 0 aliphatic heterocycles. The first kappa shape index (κ1) is 13.6. The first-order chi connectivity index (χ1) is 10.2. The molecule has 2 aromatic carbocycles. The zero-order valence-electron chi connectivity index (χ0n) is 11.2. The Morgan fingerprint density at radius 2 is 2.00 bits per heavy atom. The molecule has 1 N–H and O–H groups in total. The van der Waals surface area contributed by atoms with Gasteiger partial charge in [0.25, 0.3) is 5.91 Å². The van der Waals surface area contributed by atoms with Gasteiger partial charge in [-0.25, -0.2) is 4.39 Å². The monoisotopic (exact) mass is 301 g/mol. The van der Waals surface area contributed by atoms with E-state index >= 15 is 0 Å². The van der Waals surface area contributed by atoms with Crippen molar-refractivity contribution >= 4 is 33.0 Å². The Labute approximate surface area is 125 Å². The summed E-state index contributed by atoms with van der Waals surface area (Å²) in [5.41, 5.74) is 0.586. The SMILES string of the molecule is COc1ccccc1NC(=O)c1cc2c(F)cccc2s1. The topological polar surface area (TPSA) is 38.3 Å². The van der Waals surface area contributed by atoms with Crippen molar-refractivity contribution in [2.75, 3.05) is 12.4 Å². The van der Waals surface area contributed by atoms with Gasteiger partial charge < -0.3 is 10.1 Å². The molecule has 0 atom stereocenters. The molecule has 3 rings (SSSR count). The number of amides is 1. The Morgan fingerprint density at radius 1 is 1.19 bits per heavy atom. The molecule has 0 spiro atoms. The summed E-state index contributed by atoms with van der Waals surface area (Å²) in [5, 5.41) is 3.25. The third-order valence-electron chi connectivity index (χ3n) is 3.09. The number of hydrogen-bond donors (Lipinski definition) is 1. The molecule has 0 bridgehead atoms. The number of halogens is 1. The van der Waals surface area contributed by atoms with E-state index in [1.165, 1.54) is 17.4 Å².